The number of aliphatic carboxylic acids is 1. The van der Waals surface area contributed by atoms with Crippen LogP contribution in [0.2, 0.25) is 0 Å². The number of carbonyl (C=O) groups is 2. The Kier molecular flexibility index (Phi) is 6.83. The Bertz CT molecular complexity index is 808. The summed E-state index contributed by atoms with van der Waals surface area (Å²) in [6.45, 7) is 3.60. The standard InChI is InChI=1S/C18H26N2O6S/c1-4-17(21)19-10-14-9-15(7-8-16(14)26-3)27(24,25)20-11-13(18(22)23)6-5-12(20)2/h7-9,12-13H,4-6,10-11H2,1-3H3,(H,19,21)(H,22,23). The van der Waals surface area contributed by atoms with Crippen molar-refractivity contribution in [3.63, 3.8) is 0 Å². The van der Waals surface area contributed by atoms with Crippen LogP contribution in [0.4, 0.5) is 0 Å². The first-order valence-corrected chi connectivity index (χ1v) is 10.3. The summed E-state index contributed by atoms with van der Waals surface area (Å²) in [6.07, 6.45) is 1.27. The van der Waals surface area contributed by atoms with E-state index in [-0.39, 0.29) is 29.9 Å². The topological polar surface area (TPSA) is 113 Å². The van der Waals surface area contributed by atoms with Crippen LogP contribution in [0.1, 0.15) is 38.7 Å². The predicted molar refractivity (Wildman–Crippen MR) is 98.8 cm³/mol. The lowest BCUT2D eigenvalue weighted by molar-refractivity contribution is -0.143. The lowest BCUT2D eigenvalue weighted by atomic mass is 9.96. The van der Waals surface area contributed by atoms with Gasteiger partial charge in [-0.15, -0.1) is 0 Å². The van der Waals surface area contributed by atoms with Gasteiger partial charge in [0, 0.05) is 31.1 Å². The highest BCUT2D eigenvalue weighted by Crippen LogP contribution is 2.30. The van der Waals surface area contributed by atoms with E-state index in [1.165, 1.54) is 23.5 Å². The van der Waals surface area contributed by atoms with Gasteiger partial charge in [0.25, 0.3) is 0 Å². The number of nitrogens with one attached hydrogen (secondary N) is 1. The minimum atomic E-state index is -3.87. The van der Waals surface area contributed by atoms with E-state index in [0.29, 0.717) is 30.6 Å². The summed E-state index contributed by atoms with van der Waals surface area (Å²) in [7, 11) is -2.40. The summed E-state index contributed by atoms with van der Waals surface area (Å²) in [5.41, 5.74) is 0.542. The molecule has 2 atom stereocenters. The molecule has 150 valence electrons. The molecule has 2 N–H and O–H groups in total. The summed E-state index contributed by atoms with van der Waals surface area (Å²) in [5.74, 6) is -1.38. The van der Waals surface area contributed by atoms with Crippen molar-refractivity contribution >= 4 is 21.9 Å². The minimum Gasteiger partial charge on any atom is -0.496 e. The molecule has 1 saturated heterocycles. The molecule has 0 radical (unpaired) electrons. The number of ether oxygens (including phenoxy) is 1. The summed E-state index contributed by atoms with van der Waals surface area (Å²) in [5, 5.41) is 12.0. The first kappa shape index (κ1) is 21.2. The van der Waals surface area contributed by atoms with E-state index in [0.717, 1.165) is 0 Å². The SMILES string of the molecule is CCC(=O)NCc1cc(S(=O)(=O)N2CC(C(=O)O)CCC2C)ccc1OC. The molecule has 1 aromatic carbocycles. The van der Waals surface area contributed by atoms with Gasteiger partial charge in [-0.1, -0.05) is 6.92 Å². The van der Waals surface area contributed by atoms with Crippen LogP contribution in [0.5, 0.6) is 5.75 Å². The highest BCUT2D eigenvalue weighted by atomic mass is 32.2. The van der Waals surface area contributed by atoms with Gasteiger partial charge in [-0.2, -0.15) is 4.31 Å². The number of carboxylic acids is 1. The van der Waals surface area contributed by atoms with Crippen LogP contribution in [-0.2, 0) is 26.2 Å². The Morgan fingerprint density at radius 2 is 2.04 bits per heavy atom. The maximum Gasteiger partial charge on any atom is 0.307 e. The third-order valence-electron chi connectivity index (χ3n) is 4.83. The van der Waals surface area contributed by atoms with Gasteiger partial charge in [0.2, 0.25) is 15.9 Å². The zero-order valence-corrected chi connectivity index (χ0v) is 16.6. The fourth-order valence-corrected chi connectivity index (χ4v) is 4.88. The maximum atomic E-state index is 13.1. The zero-order chi connectivity index (χ0) is 20.2. The minimum absolute atomic E-state index is 0.0488. The summed E-state index contributed by atoms with van der Waals surface area (Å²) < 4.78 is 32.7. The number of rotatable bonds is 7. The van der Waals surface area contributed by atoms with E-state index in [1.807, 2.05) is 0 Å². The number of carboxylic acid groups (broad SMARTS) is 1. The molecule has 1 heterocycles. The first-order chi connectivity index (χ1) is 12.7. The van der Waals surface area contributed by atoms with Crippen molar-refractivity contribution in [3.8, 4) is 5.75 Å². The monoisotopic (exact) mass is 398 g/mol. The van der Waals surface area contributed by atoms with E-state index in [9.17, 15) is 23.1 Å². The molecule has 8 nitrogen and oxygen atoms in total. The molecule has 0 aliphatic carbocycles. The normalized spacial score (nSPS) is 20.9. The van der Waals surface area contributed by atoms with Crippen LogP contribution >= 0.6 is 0 Å². The van der Waals surface area contributed by atoms with Gasteiger partial charge in [0.1, 0.15) is 5.75 Å². The largest absolute Gasteiger partial charge is 0.496 e. The number of methoxy groups -OCH3 is 1. The number of sulfonamides is 1. The third-order valence-corrected chi connectivity index (χ3v) is 6.81. The van der Waals surface area contributed by atoms with Gasteiger partial charge in [-0.25, -0.2) is 8.42 Å². The van der Waals surface area contributed by atoms with Crippen LogP contribution in [0.15, 0.2) is 23.1 Å². The van der Waals surface area contributed by atoms with Crippen molar-refractivity contribution < 1.29 is 27.9 Å². The Balaban J connectivity index is 2.34. The molecule has 0 saturated carbocycles. The number of hydrogen-bond donors (Lipinski definition) is 2. The van der Waals surface area contributed by atoms with Crippen molar-refractivity contribution in [1.82, 2.24) is 9.62 Å². The van der Waals surface area contributed by atoms with Crippen molar-refractivity contribution in [1.29, 1.82) is 0 Å². The fraction of sp³-hybridized carbons (Fsp3) is 0.556. The molecule has 1 aromatic rings. The first-order valence-electron chi connectivity index (χ1n) is 8.89. The van der Waals surface area contributed by atoms with E-state index >= 15 is 0 Å². The second kappa shape index (κ2) is 8.71. The van der Waals surface area contributed by atoms with Crippen LogP contribution in [0.3, 0.4) is 0 Å². The van der Waals surface area contributed by atoms with E-state index < -0.39 is 21.9 Å². The average molecular weight is 398 g/mol. The molecule has 1 aliphatic rings. The number of benzene rings is 1. The van der Waals surface area contributed by atoms with Crippen LogP contribution < -0.4 is 10.1 Å². The van der Waals surface area contributed by atoms with Crippen molar-refractivity contribution in [2.24, 2.45) is 5.92 Å². The zero-order valence-electron chi connectivity index (χ0n) is 15.8. The summed E-state index contributed by atoms with van der Waals surface area (Å²) in [6, 6.07) is 4.18. The van der Waals surface area contributed by atoms with Crippen LogP contribution in [0.25, 0.3) is 0 Å². The summed E-state index contributed by atoms with van der Waals surface area (Å²) in [4.78, 5) is 22.9. The third kappa shape index (κ3) is 4.78. The number of amides is 1. The predicted octanol–water partition coefficient (Wildman–Crippen LogP) is 1.60. The van der Waals surface area contributed by atoms with Gasteiger partial charge in [0.05, 0.1) is 17.9 Å². The highest BCUT2D eigenvalue weighted by Gasteiger charge is 2.37. The highest BCUT2D eigenvalue weighted by molar-refractivity contribution is 7.89. The Morgan fingerprint density at radius 1 is 1.33 bits per heavy atom. The molecule has 0 bridgehead atoms. The smallest absolute Gasteiger partial charge is 0.307 e. The molecule has 2 unspecified atom stereocenters. The molecule has 1 fully saturated rings. The number of hydrogen-bond acceptors (Lipinski definition) is 5. The Labute approximate surface area is 159 Å². The van der Waals surface area contributed by atoms with Gasteiger partial charge in [-0.05, 0) is 38.0 Å². The van der Waals surface area contributed by atoms with Gasteiger partial charge in [-0.3, -0.25) is 9.59 Å². The molecule has 1 amide bonds. The molecule has 1 aliphatic heterocycles. The van der Waals surface area contributed by atoms with Crippen molar-refractivity contribution in [2.75, 3.05) is 13.7 Å². The summed E-state index contributed by atoms with van der Waals surface area (Å²) >= 11 is 0. The van der Waals surface area contributed by atoms with Gasteiger partial charge < -0.3 is 15.2 Å². The van der Waals surface area contributed by atoms with Gasteiger partial charge in [0.15, 0.2) is 0 Å². The fourth-order valence-electron chi connectivity index (χ4n) is 3.12. The number of nitrogens with zero attached hydrogens (tertiary/aromatic N) is 1. The molecule has 27 heavy (non-hydrogen) atoms. The Hall–Kier alpha value is -2.13. The van der Waals surface area contributed by atoms with Gasteiger partial charge >= 0.3 is 5.97 Å². The Morgan fingerprint density at radius 3 is 2.63 bits per heavy atom. The van der Waals surface area contributed by atoms with E-state index in [4.69, 9.17) is 4.74 Å². The number of carbonyl (C=O) groups excluding carboxylic acids is 1. The lowest BCUT2D eigenvalue weighted by Crippen LogP contribution is -2.47. The molecule has 0 aromatic heterocycles. The molecule has 9 heteroatoms. The van der Waals surface area contributed by atoms with Crippen LogP contribution in [-0.4, -0.2) is 49.4 Å². The van der Waals surface area contributed by atoms with Crippen molar-refractivity contribution in [2.45, 2.75) is 50.6 Å². The molecule has 2 rings (SSSR count). The van der Waals surface area contributed by atoms with E-state index in [2.05, 4.69) is 5.32 Å². The average Bonchev–Trinajstić information content (AvgIpc) is 2.65. The second-order valence-electron chi connectivity index (χ2n) is 6.64. The number of piperidine rings is 1. The van der Waals surface area contributed by atoms with Crippen LogP contribution in [0, 0.1) is 5.92 Å². The molecule has 0 spiro atoms. The van der Waals surface area contributed by atoms with Crippen molar-refractivity contribution in [3.05, 3.63) is 23.8 Å². The molecular weight excluding hydrogens is 372 g/mol. The van der Waals surface area contributed by atoms with E-state index in [1.54, 1.807) is 19.9 Å². The lowest BCUT2D eigenvalue weighted by Gasteiger charge is -2.35. The molecular formula is C18H26N2O6S. The maximum absolute atomic E-state index is 13.1. The quantitative estimate of drug-likeness (QED) is 0.721. The second-order valence-corrected chi connectivity index (χ2v) is 8.53.